The first kappa shape index (κ1) is 19.0. The lowest BCUT2D eigenvalue weighted by Gasteiger charge is -2.33. The summed E-state index contributed by atoms with van der Waals surface area (Å²) in [5.41, 5.74) is -0.197. The van der Waals surface area contributed by atoms with Crippen LogP contribution in [-0.4, -0.2) is 45.9 Å². The van der Waals surface area contributed by atoms with E-state index in [2.05, 4.69) is 10.4 Å². The first-order chi connectivity index (χ1) is 12.8. The normalized spacial score (nSPS) is 18.2. The number of carbonyl (C=O) groups excluding carboxylic acids is 1. The van der Waals surface area contributed by atoms with Crippen LogP contribution in [0.4, 0.5) is 11.5 Å². The second kappa shape index (κ2) is 7.45. The summed E-state index contributed by atoms with van der Waals surface area (Å²) >= 11 is 0. The molecule has 0 spiro atoms. The van der Waals surface area contributed by atoms with Gasteiger partial charge in [0.1, 0.15) is 6.04 Å². The van der Waals surface area contributed by atoms with Gasteiger partial charge < -0.3 is 5.32 Å². The fourth-order valence-corrected chi connectivity index (χ4v) is 4.68. The average molecular weight is 393 g/mol. The number of carbonyl (C=O) groups is 1. The van der Waals surface area contributed by atoms with Gasteiger partial charge >= 0.3 is 0 Å². The molecule has 1 fully saturated rings. The molecule has 0 bridgehead atoms. The molecule has 10 nitrogen and oxygen atoms in total. The Morgan fingerprint density at radius 1 is 1.26 bits per heavy atom. The van der Waals surface area contributed by atoms with Gasteiger partial charge in [0.05, 0.1) is 9.82 Å². The van der Waals surface area contributed by atoms with Crippen molar-refractivity contribution in [2.75, 3.05) is 11.9 Å². The lowest BCUT2D eigenvalue weighted by atomic mass is 10.0. The monoisotopic (exact) mass is 393 g/mol. The standard InChI is InChI=1S/C16H19N5O5S/c1-19-11-9-15(18-19)17-16(22)14-4-2-3-10-20(14)27(25,26)13-7-5-12(6-8-13)21(23)24/h5-9,11,14H,2-4,10H2,1H3,(H,17,18,22)/t14-/m1/s1. The summed E-state index contributed by atoms with van der Waals surface area (Å²) in [6.07, 6.45) is 3.43. The van der Waals surface area contributed by atoms with Crippen molar-refractivity contribution in [2.24, 2.45) is 7.05 Å². The molecule has 1 aromatic carbocycles. The number of benzene rings is 1. The molecule has 1 aromatic heterocycles. The van der Waals surface area contributed by atoms with E-state index >= 15 is 0 Å². The summed E-state index contributed by atoms with van der Waals surface area (Å²) in [5.74, 6) is -0.0976. The van der Waals surface area contributed by atoms with Gasteiger partial charge in [-0.2, -0.15) is 9.40 Å². The number of sulfonamides is 1. The third kappa shape index (κ3) is 3.98. The molecule has 144 valence electrons. The quantitative estimate of drug-likeness (QED) is 0.606. The van der Waals surface area contributed by atoms with Crippen LogP contribution >= 0.6 is 0 Å². The largest absolute Gasteiger partial charge is 0.308 e. The number of amides is 1. The summed E-state index contributed by atoms with van der Waals surface area (Å²) in [7, 11) is -2.25. The molecule has 1 amide bonds. The summed E-state index contributed by atoms with van der Waals surface area (Å²) in [6.45, 7) is 0.208. The fraction of sp³-hybridized carbons (Fsp3) is 0.375. The van der Waals surface area contributed by atoms with E-state index in [0.29, 0.717) is 18.7 Å². The first-order valence-electron chi connectivity index (χ1n) is 8.36. The number of hydrogen-bond donors (Lipinski definition) is 1. The maximum Gasteiger partial charge on any atom is 0.269 e. The van der Waals surface area contributed by atoms with Crippen molar-refractivity contribution in [1.29, 1.82) is 0 Å². The van der Waals surface area contributed by atoms with Crippen LogP contribution in [0.5, 0.6) is 0 Å². The predicted octanol–water partition coefficient (Wildman–Crippen LogP) is 1.51. The third-order valence-corrected chi connectivity index (χ3v) is 6.30. The summed E-state index contributed by atoms with van der Waals surface area (Å²) in [5, 5.41) is 17.5. The van der Waals surface area contributed by atoms with Gasteiger partial charge in [-0.05, 0) is 25.0 Å². The molecule has 2 aromatic rings. The van der Waals surface area contributed by atoms with Crippen molar-refractivity contribution in [3.8, 4) is 0 Å². The highest BCUT2D eigenvalue weighted by Gasteiger charge is 2.38. The van der Waals surface area contributed by atoms with Gasteiger partial charge in [0.2, 0.25) is 15.9 Å². The number of aromatic nitrogens is 2. The molecular formula is C16H19N5O5S. The lowest BCUT2D eigenvalue weighted by molar-refractivity contribution is -0.384. The zero-order valence-electron chi connectivity index (χ0n) is 14.6. The summed E-state index contributed by atoms with van der Waals surface area (Å²) in [4.78, 5) is 22.7. The number of nitro benzene ring substituents is 1. The van der Waals surface area contributed by atoms with Crippen LogP contribution < -0.4 is 5.32 Å². The van der Waals surface area contributed by atoms with Gasteiger partial charge in [-0.3, -0.25) is 19.6 Å². The van der Waals surface area contributed by atoms with Crippen molar-refractivity contribution in [1.82, 2.24) is 14.1 Å². The first-order valence-corrected chi connectivity index (χ1v) is 9.80. The van der Waals surface area contributed by atoms with E-state index in [1.165, 1.54) is 16.8 Å². The minimum Gasteiger partial charge on any atom is -0.308 e. The van der Waals surface area contributed by atoms with Gasteiger partial charge in [0, 0.05) is 38.0 Å². The summed E-state index contributed by atoms with van der Waals surface area (Å²) < 4.78 is 28.7. The number of nitro groups is 1. The van der Waals surface area contributed by atoms with E-state index < -0.39 is 26.9 Å². The molecule has 1 N–H and O–H groups in total. The van der Waals surface area contributed by atoms with Crippen LogP contribution in [0.2, 0.25) is 0 Å². The van der Waals surface area contributed by atoms with Gasteiger partial charge in [0.15, 0.2) is 5.82 Å². The maximum atomic E-state index is 13.0. The molecule has 0 aliphatic carbocycles. The molecule has 27 heavy (non-hydrogen) atoms. The molecule has 2 heterocycles. The number of aryl methyl sites for hydroxylation is 1. The van der Waals surface area contributed by atoms with Gasteiger partial charge in [-0.1, -0.05) is 6.42 Å². The van der Waals surface area contributed by atoms with E-state index in [-0.39, 0.29) is 17.1 Å². The number of hydrogen-bond acceptors (Lipinski definition) is 6. The Hall–Kier alpha value is -2.79. The highest BCUT2D eigenvalue weighted by Crippen LogP contribution is 2.27. The van der Waals surface area contributed by atoms with E-state index in [4.69, 9.17) is 0 Å². The van der Waals surface area contributed by atoms with E-state index in [1.54, 1.807) is 19.3 Å². The van der Waals surface area contributed by atoms with Crippen LogP contribution in [0.15, 0.2) is 41.4 Å². The van der Waals surface area contributed by atoms with Crippen LogP contribution in [0.1, 0.15) is 19.3 Å². The van der Waals surface area contributed by atoms with Crippen LogP contribution in [0.3, 0.4) is 0 Å². The molecule has 1 atom stereocenters. The number of piperidine rings is 1. The Morgan fingerprint density at radius 2 is 1.96 bits per heavy atom. The SMILES string of the molecule is Cn1ccc(NC(=O)[C@H]2CCCCN2S(=O)(=O)c2ccc([N+](=O)[O-])cc2)n1. The van der Waals surface area contributed by atoms with Gasteiger partial charge in [0.25, 0.3) is 5.69 Å². The third-order valence-electron chi connectivity index (χ3n) is 4.38. The topological polar surface area (TPSA) is 127 Å². The van der Waals surface area contributed by atoms with Crippen molar-refractivity contribution in [3.05, 3.63) is 46.6 Å². The van der Waals surface area contributed by atoms with Crippen molar-refractivity contribution >= 4 is 27.4 Å². The molecule has 0 saturated carbocycles. The minimum absolute atomic E-state index is 0.0781. The van der Waals surface area contributed by atoms with E-state index in [1.807, 2.05) is 0 Å². The number of non-ortho nitro benzene ring substituents is 1. The predicted molar refractivity (Wildman–Crippen MR) is 96.5 cm³/mol. The molecule has 0 unspecified atom stereocenters. The molecule has 1 saturated heterocycles. The second-order valence-electron chi connectivity index (χ2n) is 6.24. The Bertz CT molecular complexity index is 954. The molecule has 11 heteroatoms. The smallest absolute Gasteiger partial charge is 0.269 e. The Kier molecular flexibility index (Phi) is 5.24. The minimum atomic E-state index is -3.96. The number of rotatable bonds is 5. The van der Waals surface area contributed by atoms with Gasteiger partial charge in [-0.25, -0.2) is 8.42 Å². The second-order valence-corrected chi connectivity index (χ2v) is 8.13. The fourth-order valence-electron chi connectivity index (χ4n) is 3.02. The van der Waals surface area contributed by atoms with Crippen LogP contribution in [0, 0.1) is 10.1 Å². The number of anilines is 1. The summed E-state index contributed by atoms with van der Waals surface area (Å²) in [6, 6.07) is 5.42. The molecule has 3 rings (SSSR count). The Balaban J connectivity index is 1.84. The lowest BCUT2D eigenvalue weighted by Crippen LogP contribution is -2.49. The Labute approximate surface area is 156 Å². The van der Waals surface area contributed by atoms with E-state index in [9.17, 15) is 23.3 Å². The van der Waals surface area contributed by atoms with Crippen LogP contribution in [0.25, 0.3) is 0 Å². The van der Waals surface area contributed by atoms with Crippen molar-refractivity contribution in [3.63, 3.8) is 0 Å². The Morgan fingerprint density at radius 3 is 2.56 bits per heavy atom. The van der Waals surface area contributed by atoms with Crippen LogP contribution in [-0.2, 0) is 21.9 Å². The highest BCUT2D eigenvalue weighted by molar-refractivity contribution is 7.89. The molecule has 1 aliphatic rings. The zero-order chi connectivity index (χ0) is 19.6. The molecule has 0 radical (unpaired) electrons. The van der Waals surface area contributed by atoms with E-state index in [0.717, 1.165) is 22.9 Å². The molecular weight excluding hydrogens is 374 g/mol. The number of nitrogens with zero attached hydrogens (tertiary/aromatic N) is 4. The number of nitrogens with one attached hydrogen (secondary N) is 1. The molecule has 1 aliphatic heterocycles. The van der Waals surface area contributed by atoms with Crippen molar-refractivity contribution < 1.29 is 18.1 Å². The van der Waals surface area contributed by atoms with Gasteiger partial charge in [-0.15, -0.1) is 0 Å². The highest BCUT2D eigenvalue weighted by atomic mass is 32.2. The van der Waals surface area contributed by atoms with Crippen molar-refractivity contribution in [2.45, 2.75) is 30.2 Å². The maximum absolute atomic E-state index is 13.0. The average Bonchev–Trinajstić information content (AvgIpc) is 3.06. The zero-order valence-corrected chi connectivity index (χ0v) is 15.4.